The molecule has 0 saturated heterocycles. The molecule has 1 unspecified atom stereocenters. The van der Waals surface area contributed by atoms with Crippen molar-refractivity contribution in [1.82, 2.24) is 0 Å². The number of carboxylic acid groups (broad SMARTS) is 1. The molecule has 0 saturated carbocycles. The van der Waals surface area contributed by atoms with Gasteiger partial charge in [0.05, 0.1) is 16.6 Å². The minimum atomic E-state index is -1.03. The molecule has 0 aromatic heterocycles. The number of hydrogen-bond acceptors (Lipinski definition) is 3. The Bertz CT molecular complexity index is 672. The van der Waals surface area contributed by atoms with Crippen LogP contribution >= 0.6 is 11.6 Å². The van der Waals surface area contributed by atoms with E-state index in [0.717, 1.165) is 17.0 Å². The molecule has 2 aromatic rings. The van der Waals surface area contributed by atoms with Crippen molar-refractivity contribution >= 4 is 23.3 Å². The molecule has 0 aliphatic carbocycles. The topological polar surface area (TPSA) is 58.6 Å². The lowest BCUT2D eigenvalue weighted by Gasteiger charge is -2.14. The SMILES string of the molecule is O=C(O)c1ccc(NC2COc3ccccc32)cc1Cl. The molecule has 0 amide bonds. The predicted octanol–water partition coefficient (Wildman–Crippen LogP) is 3.58. The second-order valence-corrected chi connectivity index (χ2v) is 4.95. The van der Waals surface area contributed by atoms with Crippen LogP contribution in [0, 0.1) is 0 Å². The molecule has 1 atom stereocenters. The molecule has 0 fully saturated rings. The van der Waals surface area contributed by atoms with E-state index in [1.165, 1.54) is 6.07 Å². The van der Waals surface area contributed by atoms with Crippen LogP contribution in [0.1, 0.15) is 22.0 Å². The average molecular weight is 290 g/mol. The summed E-state index contributed by atoms with van der Waals surface area (Å²) in [5.74, 6) is -0.158. The first kappa shape index (κ1) is 12.8. The van der Waals surface area contributed by atoms with Gasteiger partial charge in [0.1, 0.15) is 12.4 Å². The van der Waals surface area contributed by atoms with Crippen LogP contribution in [0.3, 0.4) is 0 Å². The first-order valence-electron chi connectivity index (χ1n) is 6.16. The highest BCUT2D eigenvalue weighted by molar-refractivity contribution is 6.33. The summed E-state index contributed by atoms with van der Waals surface area (Å²) in [7, 11) is 0. The van der Waals surface area contributed by atoms with E-state index in [1.807, 2.05) is 24.3 Å². The fraction of sp³-hybridized carbons (Fsp3) is 0.133. The van der Waals surface area contributed by atoms with E-state index in [0.29, 0.717) is 6.61 Å². The standard InChI is InChI=1S/C15H12ClNO3/c16-12-7-9(5-6-10(12)15(18)19)17-13-8-20-14-4-2-1-3-11(13)14/h1-7,13,17H,8H2,(H,18,19). The number of ether oxygens (including phenoxy) is 1. The lowest BCUT2D eigenvalue weighted by atomic mass is 10.1. The van der Waals surface area contributed by atoms with E-state index in [2.05, 4.69) is 5.32 Å². The number of benzene rings is 2. The first-order valence-corrected chi connectivity index (χ1v) is 6.54. The van der Waals surface area contributed by atoms with Gasteiger partial charge >= 0.3 is 5.97 Å². The third-order valence-corrected chi connectivity index (χ3v) is 3.55. The lowest BCUT2D eigenvalue weighted by molar-refractivity contribution is 0.0697. The van der Waals surface area contributed by atoms with Crippen molar-refractivity contribution in [3.8, 4) is 5.75 Å². The molecule has 1 heterocycles. The number of para-hydroxylation sites is 1. The summed E-state index contributed by atoms with van der Waals surface area (Å²) in [6.45, 7) is 0.539. The van der Waals surface area contributed by atoms with Crippen LogP contribution < -0.4 is 10.1 Å². The molecule has 5 heteroatoms. The van der Waals surface area contributed by atoms with Gasteiger partial charge in [-0.2, -0.15) is 0 Å². The van der Waals surface area contributed by atoms with Gasteiger partial charge in [-0.1, -0.05) is 29.8 Å². The predicted molar refractivity (Wildman–Crippen MR) is 76.7 cm³/mol. The van der Waals surface area contributed by atoms with Gasteiger partial charge in [0.2, 0.25) is 0 Å². The Labute approximate surface area is 120 Å². The highest BCUT2D eigenvalue weighted by Crippen LogP contribution is 2.34. The Morgan fingerprint density at radius 1 is 1.30 bits per heavy atom. The van der Waals surface area contributed by atoms with Gasteiger partial charge in [-0.15, -0.1) is 0 Å². The number of hydrogen-bond donors (Lipinski definition) is 2. The Balaban J connectivity index is 1.83. The largest absolute Gasteiger partial charge is 0.491 e. The van der Waals surface area contributed by atoms with Crippen molar-refractivity contribution in [2.75, 3.05) is 11.9 Å². The third kappa shape index (κ3) is 2.30. The van der Waals surface area contributed by atoms with Crippen molar-refractivity contribution in [3.05, 3.63) is 58.6 Å². The minimum absolute atomic E-state index is 0.0398. The zero-order valence-electron chi connectivity index (χ0n) is 10.5. The van der Waals surface area contributed by atoms with E-state index in [4.69, 9.17) is 21.4 Å². The van der Waals surface area contributed by atoms with Crippen LogP contribution in [0.5, 0.6) is 5.75 Å². The van der Waals surface area contributed by atoms with Gasteiger partial charge in [0.15, 0.2) is 0 Å². The van der Waals surface area contributed by atoms with Gasteiger partial charge in [-0.05, 0) is 24.3 Å². The van der Waals surface area contributed by atoms with Crippen molar-refractivity contribution in [2.24, 2.45) is 0 Å². The third-order valence-electron chi connectivity index (χ3n) is 3.24. The number of carbonyl (C=O) groups is 1. The smallest absolute Gasteiger partial charge is 0.337 e. The van der Waals surface area contributed by atoms with Crippen LogP contribution in [0.25, 0.3) is 0 Å². The quantitative estimate of drug-likeness (QED) is 0.907. The Hall–Kier alpha value is -2.20. The molecule has 0 radical (unpaired) electrons. The number of rotatable bonds is 3. The molecule has 0 bridgehead atoms. The zero-order chi connectivity index (χ0) is 14.1. The van der Waals surface area contributed by atoms with Crippen molar-refractivity contribution < 1.29 is 14.6 Å². The van der Waals surface area contributed by atoms with Gasteiger partial charge in [-0.25, -0.2) is 4.79 Å². The fourth-order valence-corrected chi connectivity index (χ4v) is 2.52. The number of halogens is 1. The van der Waals surface area contributed by atoms with Crippen LogP contribution in [-0.2, 0) is 0 Å². The maximum Gasteiger partial charge on any atom is 0.337 e. The molecule has 1 aliphatic rings. The van der Waals surface area contributed by atoms with Crippen molar-refractivity contribution in [3.63, 3.8) is 0 Å². The Kier molecular flexibility index (Phi) is 3.24. The summed E-state index contributed by atoms with van der Waals surface area (Å²) in [6.07, 6.45) is 0. The van der Waals surface area contributed by atoms with Gasteiger partial charge in [-0.3, -0.25) is 0 Å². The molecule has 2 aromatic carbocycles. The molecular formula is C15H12ClNO3. The molecular weight excluding hydrogens is 278 g/mol. The number of fused-ring (bicyclic) bond motifs is 1. The average Bonchev–Trinajstić information content (AvgIpc) is 2.82. The molecule has 20 heavy (non-hydrogen) atoms. The Morgan fingerprint density at radius 2 is 2.10 bits per heavy atom. The maximum atomic E-state index is 10.9. The van der Waals surface area contributed by atoms with Crippen LogP contribution in [0.2, 0.25) is 5.02 Å². The van der Waals surface area contributed by atoms with Crippen molar-refractivity contribution in [1.29, 1.82) is 0 Å². The Morgan fingerprint density at radius 3 is 2.85 bits per heavy atom. The molecule has 0 spiro atoms. The van der Waals surface area contributed by atoms with E-state index < -0.39 is 5.97 Å². The normalized spacial score (nSPS) is 16.4. The summed E-state index contributed by atoms with van der Waals surface area (Å²) in [6, 6.07) is 12.7. The molecule has 102 valence electrons. The number of aromatic carboxylic acids is 1. The van der Waals surface area contributed by atoms with Crippen LogP contribution in [0.15, 0.2) is 42.5 Å². The van der Waals surface area contributed by atoms with Crippen molar-refractivity contribution in [2.45, 2.75) is 6.04 Å². The molecule has 1 aliphatic heterocycles. The number of anilines is 1. The first-order chi connectivity index (χ1) is 9.65. The number of nitrogens with one attached hydrogen (secondary N) is 1. The fourth-order valence-electron chi connectivity index (χ4n) is 2.26. The summed E-state index contributed by atoms with van der Waals surface area (Å²) in [5, 5.41) is 12.5. The van der Waals surface area contributed by atoms with Crippen LogP contribution in [0.4, 0.5) is 5.69 Å². The molecule has 3 rings (SSSR count). The second kappa shape index (κ2) is 5.06. The number of carboxylic acids is 1. The van der Waals surface area contributed by atoms with Crippen LogP contribution in [-0.4, -0.2) is 17.7 Å². The van der Waals surface area contributed by atoms with Gasteiger partial charge in [0.25, 0.3) is 0 Å². The van der Waals surface area contributed by atoms with E-state index >= 15 is 0 Å². The zero-order valence-corrected chi connectivity index (χ0v) is 11.2. The highest BCUT2D eigenvalue weighted by Gasteiger charge is 2.23. The summed E-state index contributed by atoms with van der Waals surface area (Å²) < 4.78 is 5.59. The second-order valence-electron chi connectivity index (χ2n) is 4.55. The van der Waals surface area contributed by atoms with Gasteiger partial charge < -0.3 is 15.2 Å². The summed E-state index contributed by atoms with van der Waals surface area (Å²) >= 11 is 5.96. The monoisotopic (exact) mass is 289 g/mol. The summed E-state index contributed by atoms with van der Waals surface area (Å²) in [4.78, 5) is 10.9. The molecule has 2 N–H and O–H groups in total. The maximum absolute atomic E-state index is 10.9. The highest BCUT2D eigenvalue weighted by atomic mass is 35.5. The lowest BCUT2D eigenvalue weighted by Crippen LogP contribution is -2.12. The molecule has 4 nitrogen and oxygen atoms in total. The van der Waals surface area contributed by atoms with Gasteiger partial charge in [0, 0.05) is 11.3 Å². The summed E-state index contributed by atoms with van der Waals surface area (Å²) in [5.41, 5.74) is 1.96. The van der Waals surface area contributed by atoms with E-state index in [1.54, 1.807) is 12.1 Å². The van der Waals surface area contributed by atoms with E-state index in [9.17, 15) is 4.79 Å². The van der Waals surface area contributed by atoms with E-state index in [-0.39, 0.29) is 16.6 Å². The minimum Gasteiger partial charge on any atom is -0.491 e.